The predicted molar refractivity (Wildman–Crippen MR) is 90.1 cm³/mol. The van der Waals surface area contributed by atoms with E-state index in [0.717, 1.165) is 44.1 Å². The number of nitrogens with zero attached hydrogens (tertiary/aromatic N) is 6. The fraction of sp³-hybridized carbons (Fsp3) is 0.647. The summed E-state index contributed by atoms with van der Waals surface area (Å²) >= 11 is 0. The highest BCUT2D eigenvalue weighted by Crippen LogP contribution is 2.49. The van der Waals surface area contributed by atoms with Gasteiger partial charge in [-0.15, -0.1) is 10.2 Å². The van der Waals surface area contributed by atoms with Gasteiger partial charge in [-0.05, 0) is 25.8 Å². The minimum absolute atomic E-state index is 0.000708. The minimum Gasteiger partial charge on any atom is -0.381 e. The molecule has 2 saturated heterocycles. The van der Waals surface area contributed by atoms with Crippen molar-refractivity contribution >= 4 is 5.91 Å². The van der Waals surface area contributed by atoms with Crippen LogP contribution in [0.2, 0.25) is 0 Å². The first-order valence-electron chi connectivity index (χ1n) is 8.72. The molecule has 1 amide bonds. The van der Waals surface area contributed by atoms with E-state index in [1.54, 1.807) is 11.0 Å². The molecule has 1 unspecified atom stereocenters. The van der Waals surface area contributed by atoms with Crippen LogP contribution in [-0.2, 0) is 18.8 Å². The van der Waals surface area contributed by atoms with Crippen molar-refractivity contribution in [2.24, 2.45) is 19.5 Å². The van der Waals surface area contributed by atoms with Crippen molar-refractivity contribution in [3.63, 3.8) is 0 Å². The Balaban J connectivity index is 1.65. The highest BCUT2D eigenvalue weighted by atomic mass is 16.5. The fourth-order valence-corrected chi connectivity index (χ4v) is 4.20. The number of ether oxygens (including phenoxy) is 1. The maximum Gasteiger partial charge on any atom is 0.274 e. The molecule has 134 valence electrons. The zero-order chi connectivity index (χ0) is 17.6. The molecule has 4 rings (SSSR count). The topological polar surface area (TPSA) is 78.1 Å². The van der Waals surface area contributed by atoms with Crippen LogP contribution in [-0.4, -0.2) is 61.7 Å². The average Bonchev–Trinajstić information content (AvgIpc) is 3.27. The molecular formula is C17H24N6O2. The van der Waals surface area contributed by atoms with Gasteiger partial charge < -0.3 is 14.2 Å². The third-order valence-electron chi connectivity index (χ3n) is 5.81. The number of aryl methyl sites for hydroxylation is 3. The second kappa shape index (κ2) is 5.94. The number of carbonyl (C=O) groups excluding carboxylic acids is 1. The Morgan fingerprint density at radius 1 is 1.32 bits per heavy atom. The van der Waals surface area contributed by atoms with E-state index in [9.17, 15) is 4.79 Å². The molecule has 8 heteroatoms. The normalized spacial score (nSPS) is 22.7. The summed E-state index contributed by atoms with van der Waals surface area (Å²) in [6.07, 6.45) is 3.61. The lowest BCUT2D eigenvalue weighted by Crippen LogP contribution is -2.37. The molecule has 0 aliphatic carbocycles. The number of aromatic nitrogens is 5. The van der Waals surface area contributed by atoms with Gasteiger partial charge in [0.2, 0.25) is 0 Å². The van der Waals surface area contributed by atoms with Gasteiger partial charge in [-0.3, -0.25) is 9.48 Å². The van der Waals surface area contributed by atoms with Gasteiger partial charge in [-0.2, -0.15) is 5.10 Å². The summed E-state index contributed by atoms with van der Waals surface area (Å²) in [6, 6.07) is 1.86. The van der Waals surface area contributed by atoms with Gasteiger partial charge in [0.1, 0.15) is 12.2 Å². The lowest BCUT2D eigenvalue weighted by atomic mass is 9.72. The van der Waals surface area contributed by atoms with Crippen LogP contribution in [0.15, 0.2) is 12.4 Å². The number of amides is 1. The maximum atomic E-state index is 13.0. The molecule has 0 aromatic carbocycles. The van der Waals surface area contributed by atoms with Crippen LogP contribution in [0, 0.1) is 12.3 Å². The van der Waals surface area contributed by atoms with Crippen LogP contribution in [0.5, 0.6) is 0 Å². The Hall–Kier alpha value is -2.22. The first-order chi connectivity index (χ1) is 12.0. The van der Waals surface area contributed by atoms with Crippen molar-refractivity contribution in [3.05, 3.63) is 29.6 Å². The summed E-state index contributed by atoms with van der Waals surface area (Å²) < 4.78 is 9.31. The Morgan fingerprint density at radius 2 is 2.08 bits per heavy atom. The minimum atomic E-state index is -0.000708. The van der Waals surface area contributed by atoms with Gasteiger partial charge in [0.05, 0.1) is 0 Å². The zero-order valence-corrected chi connectivity index (χ0v) is 15.0. The van der Waals surface area contributed by atoms with E-state index in [1.807, 2.05) is 36.6 Å². The van der Waals surface area contributed by atoms with Crippen molar-refractivity contribution in [2.75, 3.05) is 26.3 Å². The lowest BCUT2D eigenvalue weighted by Gasteiger charge is -2.37. The van der Waals surface area contributed by atoms with E-state index in [1.165, 1.54) is 0 Å². The molecule has 25 heavy (non-hydrogen) atoms. The Labute approximate surface area is 146 Å². The van der Waals surface area contributed by atoms with E-state index in [0.29, 0.717) is 12.2 Å². The van der Waals surface area contributed by atoms with Gasteiger partial charge >= 0.3 is 0 Å². The Bertz CT molecular complexity index is 769. The SMILES string of the molecule is Cc1cc(C(=O)N2CC(c3nncn3C)C3(CCOCC3)C2)nn1C. The fourth-order valence-electron chi connectivity index (χ4n) is 4.20. The molecule has 2 aromatic heterocycles. The second-order valence-corrected chi connectivity index (χ2v) is 7.31. The first kappa shape index (κ1) is 16.3. The number of carbonyl (C=O) groups is 1. The van der Waals surface area contributed by atoms with Crippen LogP contribution < -0.4 is 0 Å². The van der Waals surface area contributed by atoms with Gasteiger partial charge in [0.25, 0.3) is 5.91 Å². The molecule has 0 bridgehead atoms. The quantitative estimate of drug-likeness (QED) is 0.809. The molecule has 2 aliphatic heterocycles. The molecular weight excluding hydrogens is 320 g/mol. The van der Waals surface area contributed by atoms with Crippen molar-refractivity contribution < 1.29 is 9.53 Å². The number of likely N-dealkylation sites (tertiary alicyclic amines) is 1. The van der Waals surface area contributed by atoms with Gasteiger partial charge in [0.15, 0.2) is 5.69 Å². The van der Waals surface area contributed by atoms with E-state index in [4.69, 9.17) is 4.74 Å². The maximum absolute atomic E-state index is 13.0. The number of hydrogen-bond donors (Lipinski definition) is 0. The van der Waals surface area contributed by atoms with Crippen LogP contribution >= 0.6 is 0 Å². The van der Waals surface area contributed by atoms with Gasteiger partial charge in [0, 0.05) is 57.4 Å². The highest BCUT2D eigenvalue weighted by molar-refractivity contribution is 5.92. The molecule has 0 N–H and O–H groups in total. The van der Waals surface area contributed by atoms with Crippen molar-refractivity contribution in [1.82, 2.24) is 29.4 Å². The smallest absolute Gasteiger partial charge is 0.274 e. The van der Waals surface area contributed by atoms with Crippen molar-refractivity contribution in [1.29, 1.82) is 0 Å². The summed E-state index contributed by atoms with van der Waals surface area (Å²) in [4.78, 5) is 15.0. The van der Waals surface area contributed by atoms with Crippen LogP contribution in [0.1, 0.15) is 40.8 Å². The molecule has 1 atom stereocenters. The van der Waals surface area contributed by atoms with Crippen LogP contribution in [0.25, 0.3) is 0 Å². The summed E-state index contributed by atoms with van der Waals surface area (Å²) in [6.45, 7) is 4.80. The molecule has 2 aromatic rings. The van der Waals surface area contributed by atoms with E-state index in [-0.39, 0.29) is 17.2 Å². The predicted octanol–water partition coefficient (Wildman–Crippen LogP) is 0.893. The summed E-state index contributed by atoms with van der Waals surface area (Å²) in [5, 5.41) is 12.8. The number of hydrogen-bond acceptors (Lipinski definition) is 5. The molecule has 4 heterocycles. The number of rotatable bonds is 2. The summed E-state index contributed by atoms with van der Waals surface area (Å²) in [7, 11) is 3.83. The van der Waals surface area contributed by atoms with Gasteiger partial charge in [-0.1, -0.05) is 0 Å². The average molecular weight is 344 g/mol. The lowest BCUT2D eigenvalue weighted by molar-refractivity contribution is 0.0108. The van der Waals surface area contributed by atoms with Crippen molar-refractivity contribution in [2.45, 2.75) is 25.7 Å². The summed E-state index contributed by atoms with van der Waals surface area (Å²) in [5.41, 5.74) is 1.51. The van der Waals surface area contributed by atoms with Crippen LogP contribution in [0.4, 0.5) is 0 Å². The third kappa shape index (κ3) is 2.64. The first-order valence-corrected chi connectivity index (χ1v) is 8.72. The van der Waals surface area contributed by atoms with E-state index >= 15 is 0 Å². The van der Waals surface area contributed by atoms with E-state index < -0.39 is 0 Å². The molecule has 0 radical (unpaired) electrons. The molecule has 8 nitrogen and oxygen atoms in total. The van der Waals surface area contributed by atoms with Crippen LogP contribution in [0.3, 0.4) is 0 Å². The molecule has 1 spiro atoms. The molecule has 0 saturated carbocycles. The Morgan fingerprint density at radius 3 is 2.68 bits per heavy atom. The molecule has 2 fully saturated rings. The van der Waals surface area contributed by atoms with E-state index in [2.05, 4.69) is 15.3 Å². The molecule has 2 aliphatic rings. The highest BCUT2D eigenvalue weighted by Gasteiger charge is 2.51. The second-order valence-electron chi connectivity index (χ2n) is 7.31. The Kier molecular flexibility index (Phi) is 3.87. The van der Waals surface area contributed by atoms with Crippen molar-refractivity contribution in [3.8, 4) is 0 Å². The largest absolute Gasteiger partial charge is 0.381 e. The zero-order valence-electron chi connectivity index (χ0n) is 15.0. The monoisotopic (exact) mass is 344 g/mol. The summed E-state index contributed by atoms with van der Waals surface area (Å²) in [5.74, 6) is 1.13. The third-order valence-corrected chi connectivity index (χ3v) is 5.81. The standard InChI is InChI=1S/C17H24N6O2/c1-12-8-14(20-22(12)3)16(24)23-9-13(15-19-18-11-21(15)2)17(10-23)4-6-25-7-5-17/h8,11,13H,4-7,9-10H2,1-3H3. The van der Waals surface area contributed by atoms with Gasteiger partial charge in [-0.25, -0.2) is 0 Å².